The van der Waals surface area contributed by atoms with E-state index >= 15 is 0 Å². The van der Waals surface area contributed by atoms with Crippen molar-refractivity contribution in [2.75, 3.05) is 26.2 Å². The van der Waals surface area contributed by atoms with Crippen LogP contribution in [0.2, 0.25) is 0 Å². The van der Waals surface area contributed by atoms with E-state index in [9.17, 15) is 0 Å². The molecule has 1 unspecified atom stereocenters. The highest BCUT2D eigenvalue weighted by atomic mass is 15.2. The number of allylic oxidation sites excluding steroid dienone is 1. The molecule has 0 bridgehead atoms. The van der Waals surface area contributed by atoms with Crippen molar-refractivity contribution in [2.45, 2.75) is 39.7 Å². The minimum Gasteiger partial charge on any atom is -0.310 e. The van der Waals surface area contributed by atoms with E-state index in [4.69, 9.17) is 0 Å². The summed E-state index contributed by atoms with van der Waals surface area (Å²) in [5, 5.41) is 3.52. The van der Waals surface area contributed by atoms with Crippen molar-refractivity contribution in [3.63, 3.8) is 0 Å². The molecular formula is C12H24N2. The molecule has 2 heteroatoms. The Balaban J connectivity index is 2.09. The first kappa shape index (κ1) is 11.7. The Kier molecular flexibility index (Phi) is 5.20. The maximum atomic E-state index is 3.52. The van der Waals surface area contributed by atoms with Crippen molar-refractivity contribution in [1.29, 1.82) is 0 Å². The number of hydrogen-bond donors (Lipinski definition) is 1. The lowest BCUT2D eigenvalue weighted by Gasteiger charge is -2.20. The van der Waals surface area contributed by atoms with E-state index in [-0.39, 0.29) is 0 Å². The molecule has 0 radical (unpaired) electrons. The number of hydrogen-bond acceptors (Lipinski definition) is 2. The molecule has 2 nitrogen and oxygen atoms in total. The van der Waals surface area contributed by atoms with Crippen LogP contribution in [0.5, 0.6) is 0 Å². The summed E-state index contributed by atoms with van der Waals surface area (Å²) in [5.74, 6) is 0. The normalized spacial score (nSPS) is 19.6. The SMILES string of the molecule is CC(C)=CCNC(C)CN1CCCC1. The van der Waals surface area contributed by atoms with Gasteiger partial charge in [0.15, 0.2) is 0 Å². The van der Waals surface area contributed by atoms with Gasteiger partial charge in [0.25, 0.3) is 0 Å². The minimum atomic E-state index is 0.615. The van der Waals surface area contributed by atoms with Crippen LogP contribution in [0, 0.1) is 0 Å². The van der Waals surface area contributed by atoms with Crippen LogP contribution in [0.4, 0.5) is 0 Å². The minimum absolute atomic E-state index is 0.615. The van der Waals surface area contributed by atoms with Gasteiger partial charge in [-0.2, -0.15) is 0 Å². The van der Waals surface area contributed by atoms with Crippen molar-refractivity contribution in [3.8, 4) is 0 Å². The molecule has 14 heavy (non-hydrogen) atoms. The zero-order chi connectivity index (χ0) is 10.4. The summed E-state index contributed by atoms with van der Waals surface area (Å²) in [5.41, 5.74) is 1.39. The predicted octanol–water partition coefficient (Wildman–Crippen LogP) is 2.03. The molecule has 0 aromatic carbocycles. The first-order valence-corrected chi connectivity index (χ1v) is 5.77. The molecule has 1 saturated heterocycles. The summed E-state index contributed by atoms with van der Waals surface area (Å²) in [6, 6.07) is 0.615. The second-order valence-corrected chi connectivity index (χ2v) is 4.60. The van der Waals surface area contributed by atoms with Crippen LogP contribution in [0.15, 0.2) is 11.6 Å². The van der Waals surface area contributed by atoms with E-state index in [2.05, 4.69) is 37.1 Å². The van der Waals surface area contributed by atoms with Crippen molar-refractivity contribution >= 4 is 0 Å². The Morgan fingerprint density at radius 3 is 2.57 bits per heavy atom. The summed E-state index contributed by atoms with van der Waals surface area (Å²) >= 11 is 0. The van der Waals surface area contributed by atoms with Gasteiger partial charge in [-0.1, -0.05) is 11.6 Å². The lowest BCUT2D eigenvalue weighted by atomic mass is 10.3. The molecule has 1 aliphatic rings. The number of rotatable bonds is 5. The lowest BCUT2D eigenvalue weighted by molar-refractivity contribution is 0.302. The van der Waals surface area contributed by atoms with Crippen LogP contribution in [-0.2, 0) is 0 Å². The summed E-state index contributed by atoms with van der Waals surface area (Å²) in [6.45, 7) is 11.4. The van der Waals surface area contributed by atoms with Gasteiger partial charge in [0, 0.05) is 19.1 Å². The zero-order valence-corrected chi connectivity index (χ0v) is 9.84. The fourth-order valence-corrected chi connectivity index (χ4v) is 1.88. The van der Waals surface area contributed by atoms with E-state index in [1.165, 1.54) is 38.0 Å². The largest absolute Gasteiger partial charge is 0.310 e. The highest BCUT2D eigenvalue weighted by Gasteiger charge is 2.13. The third-order valence-corrected chi connectivity index (χ3v) is 2.71. The van der Waals surface area contributed by atoms with Crippen LogP contribution >= 0.6 is 0 Å². The van der Waals surface area contributed by atoms with Gasteiger partial charge in [-0.25, -0.2) is 0 Å². The second-order valence-electron chi connectivity index (χ2n) is 4.60. The third-order valence-electron chi connectivity index (χ3n) is 2.71. The molecule has 0 amide bonds. The molecule has 1 aliphatic heterocycles. The first-order chi connectivity index (χ1) is 6.68. The van der Waals surface area contributed by atoms with Crippen molar-refractivity contribution in [2.24, 2.45) is 0 Å². The number of nitrogens with zero attached hydrogens (tertiary/aromatic N) is 1. The summed E-state index contributed by atoms with van der Waals surface area (Å²) in [7, 11) is 0. The van der Waals surface area contributed by atoms with Crippen LogP contribution in [0.3, 0.4) is 0 Å². The molecule has 0 saturated carbocycles. The predicted molar refractivity (Wildman–Crippen MR) is 62.6 cm³/mol. The average molecular weight is 196 g/mol. The molecule has 0 aromatic rings. The van der Waals surface area contributed by atoms with Gasteiger partial charge in [0.2, 0.25) is 0 Å². The Morgan fingerprint density at radius 1 is 1.36 bits per heavy atom. The summed E-state index contributed by atoms with van der Waals surface area (Å²) in [4.78, 5) is 2.56. The first-order valence-electron chi connectivity index (χ1n) is 5.77. The molecule has 1 N–H and O–H groups in total. The van der Waals surface area contributed by atoms with Crippen molar-refractivity contribution in [1.82, 2.24) is 10.2 Å². The molecule has 1 atom stereocenters. The van der Waals surface area contributed by atoms with E-state index in [1.807, 2.05) is 0 Å². The molecule has 0 spiro atoms. The molecular weight excluding hydrogens is 172 g/mol. The Labute approximate surface area is 88.4 Å². The van der Waals surface area contributed by atoms with Crippen molar-refractivity contribution in [3.05, 3.63) is 11.6 Å². The van der Waals surface area contributed by atoms with Gasteiger partial charge in [0.1, 0.15) is 0 Å². The monoisotopic (exact) mass is 196 g/mol. The van der Waals surface area contributed by atoms with Gasteiger partial charge in [-0.15, -0.1) is 0 Å². The van der Waals surface area contributed by atoms with Gasteiger partial charge in [-0.3, -0.25) is 0 Å². The highest BCUT2D eigenvalue weighted by molar-refractivity contribution is 4.94. The van der Waals surface area contributed by atoms with Gasteiger partial charge in [-0.05, 0) is 46.7 Å². The molecule has 1 fully saturated rings. The maximum absolute atomic E-state index is 3.52. The summed E-state index contributed by atoms with van der Waals surface area (Å²) in [6.07, 6.45) is 5.03. The number of nitrogens with one attached hydrogen (secondary N) is 1. The number of likely N-dealkylation sites (tertiary alicyclic amines) is 1. The van der Waals surface area contributed by atoms with E-state index in [1.54, 1.807) is 0 Å². The Morgan fingerprint density at radius 2 is 2.00 bits per heavy atom. The second kappa shape index (κ2) is 6.20. The zero-order valence-electron chi connectivity index (χ0n) is 9.84. The molecule has 82 valence electrons. The van der Waals surface area contributed by atoms with Crippen LogP contribution in [0.1, 0.15) is 33.6 Å². The van der Waals surface area contributed by atoms with Crippen LogP contribution < -0.4 is 5.32 Å². The topological polar surface area (TPSA) is 15.3 Å². The van der Waals surface area contributed by atoms with E-state index < -0.39 is 0 Å². The molecule has 1 heterocycles. The quantitative estimate of drug-likeness (QED) is 0.677. The molecule has 0 aliphatic carbocycles. The lowest BCUT2D eigenvalue weighted by Crippen LogP contribution is -2.37. The van der Waals surface area contributed by atoms with Crippen LogP contribution in [0.25, 0.3) is 0 Å². The molecule has 0 aromatic heterocycles. The van der Waals surface area contributed by atoms with Gasteiger partial charge >= 0.3 is 0 Å². The average Bonchev–Trinajstić information content (AvgIpc) is 2.56. The van der Waals surface area contributed by atoms with Gasteiger partial charge < -0.3 is 10.2 Å². The van der Waals surface area contributed by atoms with Gasteiger partial charge in [0.05, 0.1) is 0 Å². The summed E-state index contributed by atoms with van der Waals surface area (Å²) < 4.78 is 0. The van der Waals surface area contributed by atoms with Crippen molar-refractivity contribution < 1.29 is 0 Å². The highest BCUT2D eigenvalue weighted by Crippen LogP contribution is 2.07. The van der Waals surface area contributed by atoms with E-state index in [0.29, 0.717) is 6.04 Å². The van der Waals surface area contributed by atoms with Crippen LogP contribution in [-0.4, -0.2) is 37.1 Å². The third kappa shape index (κ3) is 4.77. The fraction of sp³-hybridized carbons (Fsp3) is 0.833. The Bertz CT molecular complexity index is 177. The smallest absolute Gasteiger partial charge is 0.0169 e. The molecule has 1 rings (SSSR count). The maximum Gasteiger partial charge on any atom is 0.0169 e. The standard InChI is InChI=1S/C12H24N2/c1-11(2)6-7-13-12(3)10-14-8-4-5-9-14/h6,12-13H,4-5,7-10H2,1-3H3. The van der Waals surface area contributed by atoms with E-state index in [0.717, 1.165) is 6.54 Å². The fourth-order valence-electron chi connectivity index (χ4n) is 1.88. The Hall–Kier alpha value is -0.340.